The molecule has 42 heavy (non-hydrogen) atoms. The van der Waals surface area contributed by atoms with Gasteiger partial charge in [-0.2, -0.15) is 0 Å². The molecule has 1 fully saturated rings. The predicted molar refractivity (Wildman–Crippen MR) is 161 cm³/mol. The summed E-state index contributed by atoms with van der Waals surface area (Å²) in [7, 11) is 0. The number of benzene rings is 4. The van der Waals surface area contributed by atoms with Crippen LogP contribution >= 0.6 is 0 Å². The number of hydrogen-bond acceptors (Lipinski definition) is 6. The minimum absolute atomic E-state index is 0.195. The van der Waals surface area contributed by atoms with Gasteiger partial charge in [0.15, 0.2) is 6.10 Å². The summed E-state index contributed by atoms with van der Waals surface area (Å²) in [5.74, 6) is 0.513. The van der Waals surface area contributed by atoms with Gasteiger partial charge in [0.05, 0.1) is 39.6 Å². The molecule has 0 aromatic heterocycles. The molecule has 4 aromatic rings. The molecular formula is C36H38O6. The van der Waals surface area contributed by atoms with Crippen molar-refractivity contribution in [2.24, 2.45) is 0 Å². The Morgan fingerprint density at radius 3 is 1.45 bits per heavy atom. The molecule has 0 bridgehead atoms. The molecule has 1 aliphatic heterocycles. The van der Waals surface area contributed by atoms with Crippen LogP contribution in [0.2, 0.25) is 0 Å². The quantitative estimate of drug-likeness (QED) is 0.195. The van der Waals surface area contributed by atoms with E-state index in [1.165, 1.54) is 0 Å². The molecule has 0 saturated carbocycles. The van der Waals surface area contributed by atoms with Crippen LogP contribution in [-0.2, 0) is 50.1 Å². The first-order chi connectivity index (χ1) is 20.8. The Morgan fingerprint density at radius 1 is 0.548 bits per heavy atom. The van der Waals surface area contributed by atoms with Crippen LogP contribution < -0.4 is 0 Å². The third-order valence-electron chi connectivity index (χ3n) is 7.09. The van der Waals surface area contributed by atoms with Gasteiger partial charge in [0.1, 0.15) is 24.1 Å². The molecular weight excluding hydrogens is 528 g/mol. The number of aliphatic hydroxyl groups is 1. The lowest BCUT2D eigenvalue weighted by molar-refractivity contribution is -0.223. The summed E-state index contributed by atoms with van der Waals surface area (Å²) in [6.07, 6.45) is -0.498. The number of hydrogen-bond donors (Lipinski definition) is 1. The zero-order valence-corrected chi connectivity index (χ0v) is 23.7. The van der Waals surface area contributed by atoms with E-state index in [-0.39, 0.29) is 13.2 Å². The van der Waals surface area contributed by atoms with E-state index in [0.717, 1.165) is 22.3 Å². The molecule has 0 radical (unpaired) electrons. The fourth-order valence-corrected chi connectivity index (χ4v) is 4.96. The minimum Gasteiger partial charge on any atom is -0.487 e. The normalized spacial score (nSPS) is 21.2. The van der Waals surface area contributed by atoms with Crippen LogP contribution in [0, 0.1) is 0 Å². The van der Waals surface area contributed by atoms with Gasteiger partial charge in [-0.3, -0.25) is 0 Å². The Bertz CT molecular complexity index is 1330. The molecule has 5 rings (SSSR count). The summed E-state index contributed by atoms with van der Waals surface area (Å²) < 4.78 is 32.4. The fraction of sp³-hybridized carbons (Fsp3) is 0.278. The zero-order chi connectivity index (χ0) is 28.8. The van der Waals surface area contributed by atoms with E-state index in [1.807, 2.05) is 121 Å². The van der Waals surface area contributed by atoms with Crippen molar-refractivity contribution in [3.05, 3.63) is 155 Å². The third kappa shape index (κ3) is 8.61. The molecule has 6 heteroatoms. The first-order valence-corrected chi connectivity index (χ1v) is 14.4. The lowest BCUT2D eigenvalue weighted by Gasteiger charge is -2.43. The average molecular weight is 567 g/mol. The monoisotopic (exact) mass is 566 g/mol. The molecule has 1 heterocycles. The molecule has 1 aliphatic rings. The summed E-state index contributed by atoms with van der Waals surface area (Å²) in [5, 5.41) is 9.93. The summed E-state index contributed by atoms with van der Waals surface area (Å²) in [6, 6.07) is 40.1. The second-order valence-corrected chi connectivity index (χ2v) is 10.2. The van der Waals surface area contributed by atoms with E-state index in [9.17, 15) is 5.11 Å². The van der Waals surface area contributed by atoms with E-state index >= 15 is 0 Å². The van der Waals surface area contributed by atoms with Gasteiger partial charge in [0.25, 0.3) is 0 Å². The Balaban J connectivity index is 1.41. The van der Waals surface area contributed by atoms with Crippen LogP contribution in [0.5, 0.6) is 0 Å². The molecule has 0 spiro atoms. The standard InChI is InChI=1S/C36H38O6/c37-22-21-32-34(39-24-29-15-7-2-8-16-29)36(41-26-31-19-11-4-12-20-31)35(40-25-30-17-9-3-10-18-30)33(42-32)27-38-23-28-13-5-1-6-14-28/h1-21,33-37H,22-27H2/t33-,34+,35-,36+/m1/s1. The summed E-state index contributed by atoms with van der Waals surface area (Å²) >= 11 is 0. The van der Waals surface area contributed by atoms with Crippen molar-refractivity contribution >= 4 is 0 Å². The van der Waals surface area contributed by atoms with E-state index in [2.05, 4.69) is 0 Å². The third-order valence-corrected chi connectivity index (χ3v) is 7.09. The maximum absolute atomic E-state index is 9.93. The molecule has 4 aromatic carbocycles. The molecule has 0 amide bonds. The van der Waals surface area contributed by atoms with Gasteiger partial charge in [-0.05, 0) is 28.3 Å². The summed E-state index contributed by atoms with van der Waals surface area (Å²) in [6.45, 7) is 1.61. The van der Waals surface area contributed by atoms with Gasteiger partial charge >= 0.3 is 0 Å². The largest absolute Gasteiger partial charge is 0.487 e. The van der Waals surface area contributed by atoms with Crippen LogP contribution in [0.4, 0.5) is 0 Å². The topological polar surface area (TPSA) is 66.4 Å². The zero-order valence-electron chi connectivity index (χ0n) is 23.7. The highest BCUT2D eigenvalue weighted by atomic mass is 16.6. The van der Waals surface area contributed by atoms with Crippen LogP contribution in [0.15, 0.2) is 133 Å². The summed E-state index contributed by atoms with van der Waals surface area (Å²) in [5.41, 5.74) is 4.18. The molecule has 6 nitrogen and oxygen atoms in total. The van der Waals surface area contributed by atoms with Gasteiger partial charge < -0.3 is 28.8 Å². The first kappa shape index (κ1) is 29.7. The van der Waals surface area contributed by atoms with E-state index in [4.69, 9.17) is 23.7 Å². The molecule has 0 unspecified atom stereocenters. The predicted octanol–water partition coefficient (Wildman–Crippen LogP) is 6.23. The summed E-state index contributed by atoms with van der Waals surface area (Å²) in [4.78, 5) is 0. The van der Waals surface area contributed by atoms with Crippen molar-refractivity contribution in [3.8, 4) is 0 Å². The van der Waals surface area contributed by atoms with Gasteiger partial charge in [-0.25, -0.2) is 0 Å². The highest BCUT2D eigenvalue weighted by Gasteiger charge is 2.46. The average Bonchev–Trinajstić information content (AvgIpc) is 3.05. The molecule has 0 aliphatic carbocycles. The van der Waals surface area contributed by atoms with Crippen molar-refractivity contribution < 1.29 is 28.8 Å². The van der Waals surface area contributed by atoms with Gasteiger partial charge in [0, 0.05) is 0 Å². The Labute approximate surface area is 248 Å². The van der Waals surface area contributed by atoms with Gasteiger partial charge in [0.2, 0.25) is 0 Å². The second-order valence-electron chi connectivity index (χ2n) is 10.2. The van der Waals surface area contributed by atoms with Crippen LogP contribution in [0.3, 0.4) is 0 Å². The highest BCUT2D eigenvalue weighted by Crippen LogP contribution is 2.33. The van der Waals surface area contributed by atoms with Gasteiger partial charge in [-0.15, -0.1) is 0 Å². The number of ether oxygens (including phenoxy) is 5. The van der Waals surface area contributed by atoms with E-state index in [1.54, 1.807) is 6.08 Å². The Hall–Kier alpha value is -3.78. The molecule has 4 atom stereocenters. The van der Waals surface area contributed by atoms with Crippen LogP contribution in [0.25, 0.3) is 0 Å². The van der Waals surface area contributed by atoms with Gasteiger partial charge in [-0.1, -0.05) is 121 Å². The number of rotatable bonds is 14. The maximum Gasteiger partial charge on any atom is 0.150 e. The van der Waals surface area contributed by atoms with Crippen molar-refractivity contribution in [3.63, 3.8) is 0 Å². The second kappa shape index (κ2) is 16.0. The van der Waals surface area contributed by atoms with Crippen LogP contribution in [-0.4, -0.2) is 42.7 Å². The van der Waals surface area contributed by atoms with Crippen molar-refractivity contribution in [2.75, 3.05) is 13.2 Å². The van der Waals surface area contributed by atoms with Crippen molar-refractivity contribution in [2.45, 2.75) is 50.8 Å². The lowest BCUT2D eigenvalue weighted by atomic mass is 9.96. The number of aliphatic hydroxyl groups excluding tert-OH is 1. The van der Waals surface area contributed by atoms with Crippen LogP contribution in [0.1, 0.15) is 22.3 Å². The smallest absolute Gasteiger partial charge is 0.150 e. The maximum atomic E-state index is 9.93. The molecule has 1 saturated heterocycles. The fourth-order valence-electron chi connectivity index (χ4n) is 4.96. The van der Waals surface area contributed by atoms with E-state index < -0.39 is 24.4 Å². The minimum atomic E-state index is -0.604. The molecule has 218 valence electrons. The van der Waals surface area contributed by atoms with E-state index in [0.29, 0.717) is 32.2 Å². The lowest BCUT2D eigenvalue weighted by Crippen LogP contribution is -2.56. The van der Waals surface area contributed by atoms with Crippen molar-refractivity contribution in [1.29, 1.82) is 0 Å². The highest BCUT2D eigenvalue weighted by molar-refractivity contribution is 5.18. The Kier molecular flexibility index (Phi) is 11.3. The molecule has 1 N–H and O–H groups in total. The Morgan fingerprint density at radius 2 is 0.976 bits per heavy atom. The van der Waals surface area contributed by atoms with Crippen molar-refractivity contribution in [1.82, 2.24) is 0 Å². The SMILES string of the molecule is OCC=C1O[C@H](COCc2ccccc2)[C@@H](OCc2ccccc2)[C@@H](OCc2ccccc2)[C@H]1OCc1ccccc1. The first-order valence-electron chi connectivity index (χ1n) is 14.4.